The molecule has 0 aromatic carbocycles. The molecule has 16 heavy (non-hydrogen) atoms. The van der Waals surface area contributed by atoms with E-state index in [1.807, 2.05) is 19.1 Å². The summed E-state index contributed by atoms with van der Waals surface area (Å²) >= 11 is 0. The SMILES string of the molecule is Cc1ccc(-c2cncc(C(N)=O)c2)nc1. The molecule has 2 rings (SSSR count). The van der Waals surface area contributed by atoms with Crippen LogP contribution in [0.5, 0.6) is 0 Å². The molecule has 4 nitrogen and oxygen atoms in total. The number of amides is 1. The second kappa shape index (κ2) is 4.10. The first-order valence-electron chi connectivity index (χ1n) is 4.85. The topological polar surface area (TPSA) is 68.9 Å². The number of aryl methyl sites for hydroxylation is 1. The zero-order chi connectivity index (χ0) is 11.5. The number of carbonyl (C=O) groups is 1. The van der Waals surface area contributed by atoms with E-state index in [1.54, 1.807) is 18.5 Å². The Kier molecular flexibility index (Phi) is 2.64. The van der Waals surface area contributed by atoms with Gasteiger partial charge in [-0.3, -0.25) is 14.8 Å². The Morgan fingerprint density at radius 2 is 2.06 bits per heavy atom. The fraction of sp³-hybridized carbons (Fsp3) is 0.0833. The molecule has 0 aliphatic carbocycles. The van der Waals surface area contributed by atoms with Crippen molar-refractivity contribution in [3.63, 3.8) is 0 Å². The van der Waals surface area contributed by atoms with Gasteiger partial charge in [0.05, 0.1) is 11.3 Å². The first-order chi connectivity index (χ1) is 7.66. The molecule has 2 N–H and O–H groups in total. The Morgan fingerprint density at radius 3 is 2.69 bits per heavy atom. The molecule has 4 heteroatoms. The van der Waals surface area contributed by atoms with E-state index in [1.165, 1.54) is 6.20 Å². The number of carbonyl (C=O) groups excluding carboxylic acids is 1. The lowest BCUT2D eigenvalue weighted by atomic mass is 10.1. The van der Waals surface area contributed by atoms with Crippen LogP contribution in [0.15, 0.2) is 36.8 Å². The van der Waals surface area contributed by atoms with Crippen LogP contribution in [0.4, 0.5) is 0 Å². The molecule has 0 bridgehead atoms. The van der Waals surface area contributed by atoms with Crippen LogP contribution < -0.4 is 5.73 Å². The molecule has 0 aliphatic heterocycles. The smallest absolute Gasteiger partial charge is 0.250 e. The summed E-state index contributed by atoms with van der Waals surface area (Å²) in [7, 11) is 0. The maximum absolute atomic E-state index is 11.0. The molecule has 80 valence electrons. The van der Waals surface area contributed by atoms with E-state index in [2.05, 4.69) is 9.97 Å². The van der Waals surface area contributed by atoms with Crippen LogP contribution in [0.2, 0.25) is 0 Å². The van der Waals surface area contributed by atoms with Crippen LogP contribution in [-0.4, -0.2) is 15.9 Å². The monoisotopic (exact) mass is 213 g/mol. The lowest BCUT2D eigenvalue weighted by molar-refractivity contribution is 0.1000. The summed E-state index contributed by atoms with van der Waals surface area (Å²) in [6.07, 6.45) is 4.87. The third-order valence-electron chi connectivity index (χ3n) is 2.23. The molecular weight excluding hydrogens is 202 g/mol. The molecule has 0 aliphatic rings. The summed E-state index contributed by atoms with van der Waals surface area (Å²) in [5.41, 5.74) is 8.23. The van der Waals surface area contributed by atoms with Crippen LogP contribution in [0.3, 0.4) is 0 Å². The van der Waals surface area contributed by atoms with Crippen LogP contribution in [0.1, 0.15) is 15.9 Å². The summed E-state index contributed by atoms with van der Waals surface area (Å²) in [5.74, 6) is -0.485. The van der Waals surface area contributed by atoms with Gasteiger partial charge in [-0.15, -0.1) is 0 Å². The molecule has 1 amide bonds. The van der Waals surface area contributed by atoms with Crippen LogP contribution in [0.25, 0.3) is 11.3 Å². The molecule has 2 aromatic heterocycles. The Bertz CT molecular complexity index is 520. The van der Waals surface area contributed by atoms with Crippen LogP contribution in [-0.2, 0) is 0 Å². The van der Waals surface area contributed by atoms with Gasteiger partial charge in [0.25, 0.3) is 0 Å². The van der Waals surface area contributed by atoms with Crippen molar-refractivity contribution in [2.75, 3.05) is 0 Å². The minimum atomic E-state index is -0.485. The summed E-state index contributed by atoms with van der Waals surface area (Å²) in [5, 5.41) is 0. The normalized spacial score (nSPS) is 10.1. The molecule has 2 heterocycles. The quantitative estimate of drug-likeness (QED) is 0.822. The lowest BCUT2D eigenvalue weighted by Gasteiger charge is -2.02. The van der Waals surface area contributed by atoms with E-state index in [4.69, 9.17) is 5.73 Å². The van der Waals surface area contributed by atoms with Crippen LogP contribution in [0, 0.1) is 6.92 Å². The minimum Gasteiger partial charge on any atom is -0.366 e. The number of hydrogen-bond donors (Lipinski definition) is 1. The van der Waals surface area contributed by atoms with Gasteiger partial charge < -0.3 is 5.73 Å². The van der Waals surface area contributed by atoms with Crippen molar-refractivity contribution in [1.82, 2.24) is 9.97 Å². The summed E-state index contributed by atoms with van der Waals surface area (Å²) in [6.45, 7) is 1.97. The third kappa shape index (κ3) is 2.06. The molecule has 0 unspecified atom stereocenters. The highest BCUT2D eigenvalue weighted by Gasteiger charge is 2.04. The molecular formula is C12H11N3O. The second-order valence-electron chi connectivity index (χ2n) is 3.55. The maximum Gasteiger partial charge on any atom is 0.250 e. The summed E-state index contributed by atoms with van der Waals surface area (Å²) in [4.78, 5) is 19.2. The van der Waals surface area contributed by atoms with Gasteiger partial charge in [-0.25, -0.2) is 0 Å². The number of hydrogen-bond acceptors (Lipinski definition) is 3. The molecule has 0 spiro atoms. The molecule has 2 aromatic rings. The van der Waals surface area contributed by atoms with Gasteiger partial charge in [-0.2, -0.15) is 0 Å². The largest absolute Gasteiger partial charge is 0.366 e. The van der Waals surface area contributed by atoms with Crippen molar-refractivity contribution in [3.8, 4) is 11.3 Å². The van der Waals surface area contributed by atoms with E-state index in [-0.39, 0.29) is 0 Å². The van der Waals surface area contributed by atoms with Crippen molar-refractivity contribution >= 4 is 5.91 Å². The molecule has 0 fully saturated rings. The predicted molar refractivity (Wildman–Crippen MR) is 60.7 cm³/mol. The maximum atomic E-state index is 11.0. The molecule has 0 radical (unpaired) electrons. The fourth-order valence-electron chi connectivity index (χ4n) is 1.35. The summed E-state index contributed by atoms with van der Waals surface area (Å²) < 4.78 is 0. The van der Waals surface area contributed by atoms with Crippen molar-refractivity contribution in [3.05, 3.63) is 47.9 Å². The molecule has 0 saturated carbocycles. The third-order valence-corrected chi connectivity index (χ3v) is 2.23. The first-order valence-corrected chi connectivity index (χ1v) is 4.85. The highest BCUT2D eigenvalue weighted by Crippen LogP contribution is 2.16. The zero-order valence-corrected chi connectivity index (χ0v) is 8.84. The van der Waals surface area contributed by atoms with Gasteiger partial charge in [0.2, 0.25) is 5.91 Å². The number of aromatic nitrogens is 2. The van der Waals surface area contributed by atoms with Crippen molar-refractivity contribution < 1.29 is 4.79 Å². The average molecular weight is 213 g/mol. The van der Waals surface area contributed by atoms with Gasteiger partial charge in [-0.1, -0.05) is 6.07 Å². The van der Waals surface area contributed by atoms with Gasteiger partial charge in [0.15, 0.2) is 0 Å². The number of rotatable bonds is 2. The zero-order valence-electron chi connectivity index (χ0n) is 8.84. The number of nitrogens with zero attached hydrogens (tertiary/aromatic N) is 2. The molecule has 0 atom stereocenters. The van der Waals surface area contributed by atoms with Gasteiger partial charge in [0, 0.05) is 24.2 Å². The van der Waals surface area contributed by atoms with E-state index >= 15 is 0 Å². The van der Waals surface area contributed by atoms with Gasteiger partial charge >= 0.3 is 0 Å². The Balaban J connectivity index is 2.44. The van der Waals surface area contributed by atoms with Crippen molar-refractivity contribution in [2.24, 2.45) is 5.73 Å². The lowest BCUT2D eigenvalue weighted by Crippen LogP contribution is -2.11. The summed E-state index contributed by atoms with van der Waals surface area (Å²) in [6, 6.07) is 5.53. The van der Waals surface area contributed by atoms with E-state index in [0.717, 1.165) is 16.8 Å². The Labute approximate surface area is 93.2 Å². The molecule has 0 saturated heterocycles. The van der Waals surface area contributed by atoms with Crippen molar-refractivity contribution in [2.45, 2.75) is 6.92 Å². The highest BCUT2D eigenvalue weighted by molar-refractivity contribution is 5.93. The second-order valence-corrected chi connectivity index (χ2v) is 3.55. The number of pyridine rings is 2. The Morgan fingerprint density at radius 1 is 1.25 bits per heavy atom. The van der Waals surface area contributed by atoms with E-state index < -0.39 is 5.91 Å². The first kappa shape index (κ1) is 10.3. The van der Waals surface area contributed by atoms with Crippen LogP contribution >= 0.6 is 0 Å². The standard InChI is InChI=1S/C12H11N3O/c1-8-2-3-11(15-5-8)9-4-10(12(13)16)7-14-6-9/h2-7H,1H3,(H2,13,16). The fourth-order valence-corrected chi connectivity index (χ4v) is 1.35. The van der Waals surface area contributed by atoms with E-state index in [0.29, 0.717) is 5.56 Å². The van der Waals surface area contributed by atoms with Crippen molar-refractivity contribution in [1.29, 1.82) is 0 Å². The van der Waals surface area contributed by atoms with E-state index in [9.17, 15) is 4.79 Å². The Hall–Kier alpha value is -2.23. The number of primary amides is 1. The van der Waals surface area contributed by atoms with Gasteiger partial charge in [-0.05, 0) is 24.6 Å². The highest BCUT2D eigenvalue weighted by atomic mass is 16.1. The van der Waals surface area contributed by atoms with Gasteiger partial charge in [0.1, 0.15) is 0 Å². The predicted octanol–water partition coefficient (Wildman–Crippen LogP) is 1.55. The minimum absolute atomic E-state index is 0.389. The average Bonchev–Trinajstić information content (AvgIpc) is 2.30. The number of nitrogens with two attached hydrogens (primary N) is 1.